The minimum atomic E-state index is -3.02. The van der Waals surface area contributed by atoms with Crippen LogP contribution in [-0.2, 0) is 4.74 Å². The number of methoxy groups -OCH3 is 1. The summed E-state index contributed by atoms with van der Waals surface area (Å²) in [5.74, 6) is -2.30. The van der Waals surface area contributed by atoms with Crippen LogP contribution in [0.3, 0.4) is 0 Å². The Hall–Kier alpha value is -1.49. The fourth-order valence-electron chi connectivity index (χ4n) is 2.71. The number of nitrogens with one attached hydrogen (secondary N) is 2. The van der Waals surface area contributed by atoms with Crippen LogP contribution in [0.5, 0.6) is 0 Å². The van der Waals surface area contributed by atoms with Crippen LogP contribution in [0, 0.1) is 6.92 Å². The summed E-state index contributed by atoms with van der Waals surface area (Å²) in [7, 11) is 6.75. The molecule has 0 bridgehead atoms. The van der Waals surface area contributed by atoms with Gasteiger partial charge in [-0.3, -0.25) is 9.79 Å². The minimum absolute atomic E-state index is 0.143. The van der Waals surface area contributed by atoms with E-state index >= 15 is 0 Å². The van der Waals surface area contributed by atoms with Gasteiger partial charge in [-0.05, 0) is 58.2 Å². The van der Waals surface area contributed by atoms with Crippen LogP contribution < -0.4 is 10.6 Å². The predicted octanol–water partition coefficient (Wildman–Crippen LogP) is 5.91. The number of benzene rings is 1. The van der Waals surface area contributed by atoms with Crippen LogP contribution in [0.4, 0.5) is 14.5 Å². The lowest BCUT2D eigenvalue weighted by atomic mass is 10.0. The molecule has 10 heteroatoms. The summed E-state index contributed by atoms with van der Waals surface area (Å²) in [4.78, 5) is 18.1. The number of hydrogen-bond acceptors (Lipinski definition) is 7. The summed E-state index contributed by atoms with van der Waals surface area (Å²) in [6.45, 7) is 6.27. The van der Waals surface area contributed by atoms with Crippen molar-refractivity contribution in [2.75, 3.05) is 19.5 Å². The number of nitrogens with zero attached hydrogens (tertiary/aromatic N) is 1. The number of hydrogen-bond donors (Lipinski definition) is 2. The summed E-state index contributed by atoms with van der Waals surface area (Å²) < 4.78 is 32.4. The Balaban J connectivity index is 2.11. The maximum atomic E-state index is 13.5. The van der Waals surface area contributed by atoms with Gasteiger partial charge in [0, 0.05) is 36.5 Å². The van der Waals surface area contributed by atoms with E-state index in [1.54, 1.807) is 57.6 Å². The molecule has 1 aliphatic heterocycles. The third-order valence-corrected chi connectivity index (χ3v) is 8.78. The molecule has 2 rings (SSSR count). The number of aliphatic imine (C=N–C) groups is 1. The number of allylic oxidation sites excluding steroid dienone is 1. The first kappa shape index (κ1) is 26.8. The van der Waals surface area contributed by atoms with Crippen LogP contribution in [-0.4, -0.2) is 49.1 Å². The van der Waals surface area contributed by atoms with Gasteiger partial charge in [-0.1, -0.05) is 29.9 Å². The molecule has 5 nitrogen and oxygen atoms in total. The molecule has 0 saturated carbocycles. The smallest absolute Gasteiger partial charge is 0.282 e. The second kappa shape index (κ2) is 12.7. The Morgan fingerprint density at radius 2 is 2.16 bits per heavy atom. The highest BCUT2D eigenvalue weighted by Crippen LogP contribution is 2.40. The van der Waals surface area contributed by atoms with Crippen molar-refractivity contribution in [2.45, 2.75) is 45.7 Å². The number of ether oxygens (including phenoxy) is 1. The van der Waals surface area contributed by atoms with E-state index in [0.29, 0.717) is 23.4 Å². The minimum Gasteiger partial charge on any atom is -0.382 e. The highest BCUT2D eigenvalue weighted by Gasteiger charge is 2.26. The third-order valence-electron chi connectivity index (χ3n) is 4.67. The lowest BCUT2D eigenvalue weighted by Gasteiger charge is -2.28. The maximum Gasteiger partial charge on any atom is 0.282 e. The van der Waals surface area contributed by atoms with Crippen molar-refractivity contribution in [2.24, 2.45) is 4.99 Å². The Morgan fingerprint density at radius 1 is 1.41 bits per heavy atom. The molecule has 0 spiro atoms. The van der Waals surface area contributed by atoms with Gasteiger partial charge >= 0.3 is 0 Å². The predicted molar refractivity (Wildman–Crippen MR) is 135 cm³/mol. The molecule has 0 fully saturated rings. The molecule has 32 heavy (non-hydrogen) atoms. The van der Waals surface area contributed by atoms with Gasteiger partial charge in [-0.2, -0.15) is 0 Å². The van der Waals surface area contributed by atoms with Gasteiger partial charge in [0.25, 0.3) is 11.8 Å². The molecule has 0 radical (unpaired) electrons. The van der Waals surface area contributed by atoms with Crippen molar-refractivity contribution in [3.63, 3.8) is 0 Å². The van der Waals surface area contributed by atoms with Crippen LogP contribution in [0.2, 0.25) is 0 Å². The molecule has 1 aliphatic rings. The molecule has 1 heterocycles. The molecule has 0 aliphatic carbocycles. The van der Waals surface area contributed by atoms with E-state index in [4.69, 9.17) is 4.74 Å². The van der Waals surface area contributed by atoms with Crippen LogP contribution in [0.1, 0.15) is 36.7 Å². The molecule has 176 valence electrons. The molecule has 2 atom stereocenters. The number of dihydropyridines is 1. The van der Waals surface area contributed by atoms with Crippen molar-refractivity contribution >= 4 is 48.7 Å². The van der Waals surface area contributed by atoms with Crippen LogP contribution in [0.25, 0.3) is 0 Å². The van der Waals surface area contributed by atoms with Gasteiger partial charge in [-0.15, -0.1) is 0 Å². The Bertz CT molecular complexity index is 886. The first-order chi connectivity index (χ1) is 15.2. The van der Waals surface area contributed by atoms with Gasteiger partial charge in [0.05, 0.1) is 30.1 Å². The largest absolute Gasteiger partial charge is 0.382 e. The average molecular weight is 502 g/mol. The van der Waals surface area contributed by atoms with E-state index in [1.165, 1.54) is 13.0 Å². The standard InChI is InChI=1S/C22H29F2N3O2S3/c1-6-30-32-31-17-9-10-18(25-12-17)20(13-29-5)27-21(28)16-8-7-14(2)19(11-16)26-15(3)22(4,23)24/h7-12,18,20,25H,6,13H2,1-5H3,(H,27,28). The molecular weight excluding hydrogens is 472 g/mol. The quantitative estimate of drug-likeness (QED) is 0.223. The van der Waals surface area contributed by atoms with E-state index < -0.39 is 5.92 Å². The van der Waals surface area contributed by atoms with Crippen molar-refractivity contribution in [3.8, 4) is 0 Å². The third kappa shape index (κ3) is 8.13. The molecule has 1 aromatic carbocycles. The average Bonchev–Trinajstić information content (AvgIpc) is 2.75. The first-order valence-corrected chi connectivity index (χ1v) is 13.8. The van der Waals surface area contributed by atoms with Gasteiger partial charge in [0.15, 0.2) is 0 Å². The molecule has 2 N–H and O–H groups in total. The van der Waals surface area contributed by atoms with Crippen LogP contribution >= 0.6 is 31.4 Å². The fraction of sp³-hybridized carbons (Fsp3) is 0.455. The Kier molecular flexibility index (Phi) is 10.6. The lowest BCUT2D eigenvalue weighted by molar-refractivity contribution is 0.0884. The second-order valence-corrected chi connectivity index (χ2v) is 11.7. The molecular formula is C22H29F2N3O2S3. The number of carbonyl (C=O) groups is 1. The number of carbonyl (C=O) groups excluding carboxylic acids is 1. The van der Waals surface area contributed by atoms with E-state index in [1.807, 2.05) is 18.4 Å². The highest BCUT2D eigenvalue weighted by atomic mass is 33.5. The van der Waals surface area contributed by atoms with Gasteiger partial charge in [-0.25, -0.2) is 8.78 Å². The molecule has 1 amide bonds. The molecule has 0 aromatic heterocycles. The zero-order chi connectivity index (χ0) is 23.7. The SMILES string of the molecule is CCSSSC1=CNC(C(COC)NC(=O)c2ccc(C)c(N=C(C)C(C)(F)F)c2)C=C1. The summed E-state index contributed by atoms with van der Waals surface area (Å²) in [6.07, 6.45) is 5.96. The van der Waals surface area contributed by atoms with Crippen molar-refractivity contribution < 1.29 is 18.3 Å². The summed E-state index contributed by atoms with van der Waals surface area (Å²) >= 11 is 0. The van der Waals surface area contributed by atoms with E-state index in [9.17, 15) is 13.6 Å². The molecule has 0 saturated heterocycles. The fourth-order valence-corrected chi connectivity index (χ4v) is 6.17. The number of halogens is 2. The van der Waals surface area contributed by atoms with E-state index in [-0.39, 0.29) is 23.7 Å². The van der Waals surface area contributed by atoms with E-state index in [0.717, 1.165) is 17.6 Å². The summed E-state index contributed by atoms with van der Waals surface area (Å²) in [5.41, 5.74) is 1.11. The number of amides is 1. The number of alkyl halides is 2. The zero-order valence-corrected chi connectivity index (χ0v) is 21.2. The van der Waals surface area contributed by atoms with E-state index in [2.05, 4.69) is 22.5 Å². The second-order valence-electron chi connectivity index (χ2n) is 7.28. The maximum absolute atomic E-state index is 13.5. The highest BCUT2D eigenvalue weighted by molar-refractivity contribution is 9.10. The van der Waals surface area contributed by atoms with Gasteiger partial charge < -0.3 is 15.4 Å². The normalized spacial score (nSPS) is 17.5. The summed E-state index contributed by atoms with van der Waals surface area (Å²) in [6, 6.07) is 4.44. The zero-order valence-electron chi connectivity index (χ0n) is 18.8. The Morgan fingerprint density at radius 3 is 2.75 bits per heavy atom. The summed E-state index contributed by atoms with van der Waals surface area (Å²) in [5, 5.41) is 6.29. The van der Waals surface area contributed by atoms with Crippen molar-refractivity contribution in [1.82, 2.24) is 10.6 Å². The molecule has 1 aromatic rings. The lowest BCUT2D eigenvalue weighted by Crippen LogP contribution is -2.50. The topological polar surface area (TPSA) is 62.7 Å². The Labute approximate surface area is 200 Å². The first-order valence-electron chi connectivity index (χ1n) is 10.1. The molecule has 2 unspecified atom stereocenters. The van der Waals surface area contributed by atoms with Crippen LogP contribution in [0.15, 0.2) is 46.4 Å². The van der Waals surface area contributed by atoms with Gasteiger partial charge in [0.2, 0.25) is 0 Å². The monoisotopic (exact) mass is 501 g/mol. The van der Waals surface area contributed by atoms with Crippen molar-refractivity contribution in [3.05, 3.63) is 52.6 Å². The number of aryl methyl sites for hydroxylation is 1. The van der Waals surface area contributed by atoms with Gasteiger partial charge in [0.1, 0.15) is 0 Å². The van der Waals surface area contributed by atoms with Crippen molar-refractivity contribution in [1.29, 1.82) is 0 Å². The number of rotatable bonds is 11.